The highest BCUT2D eigenvalue weighted by Crippen LogP contribution is 2.26. The first-order valence-electron chi connectivity index (χ1n) is 8.15. The fourth-order valence-electron chi connectivity index (χ4n) is 3.03. The largest absolute Gasteiger partial charge is 0.369 e. The van der Waals surface area contributed by atoms with E-state index in [1.165, 1.54) is 12.8 Å². The second-order valence-electron chi connectivity index (χ2n) is 6.51. The van der Waals surface area contributed by atoms with Crippen LogP contribution < -0.4 is 10.2 Å². The van der Waals surface area contributed by atoms with E-state index in [2.05, 4.69) is 35.0 Å². The van der Waals surface area contributed by atoms with E-state index in [-0.39, 0.29) is 5.82 Å². The van der Waals surface area contributed by atoms with E-state index < -0.39 is 0 Å². The van der Waals surface area contributed by atoms with Gasteiger partial charge in [-0.15, -0.1) is 0 Å². The Hall–Kier alpha value is -1.13. The Morgan fingerprint density at radius 1 is 1.19 bits per heavy atom. The maximum absolute atomic E-state index is 14.2. The molecule has 2 aliphatic rings. The number of hydrogen-bond acceptors (Lipinski definition) is 3. The van der Waals surface area contributed by atoms with Crippen LogP contribution in [0.4, 0.5) is 10.1 Å². The minimum atomic E-state index is -0.0769. The van der Waals surface area contributed by atoms with Crippen LogP contribution in [-0.4, -0.2) is 43.2 Å². The van der Waals surface area contributed by atoms with E-state index in [4.69, 9.17) is 0 Å². The molecular formula is C17H26FN3. The molecule has 0 radical (unpaired) electrons. The molecule has 4 heteroatoms. The third-order valence-corrected chi connectivity index (χ3v) is 4.62. The van der Waals surface area contributed by atoms with Gasteiger partial charge in [-0.3, -0.25) is 4.90 Å². The summed E-state index contributed by atoms with van der Waals surface area (Å²) in [6.07, 6.45) is 2.47. The molecule has 1 aliphatic heterocycles. The van der Waals surface area contributed by atoms with Gasteiger partial charge in [-0.2, -0.15) is 0 Å². The molecule has 1 aliphatic carbocycles. The van der Waals surface area contributed by atoms with Crippen molar-refractivity contribution in [1.29, 1.82) is 0 Å². The fraction of sp³-hybridized carbons (Fsp3) is 0.647. The molecule has 1 aromatic rings. The summed E-state index contributed by atoms with van der Waals surface area (Å²) in [4.78, 5) is 4.82. The normalized spacial score (nSPS) is 20.3. The molecule has 21 heavy (non-hydrogen) atoms. The lowest BCUT2D eigenvalue weighted by Gasteiger charge is -2.39. The van der Waals surface area contributed by atoms with E-state index >= 15 is 0 Å². The van der Waals surface area contributed by atoms with Gasteiger partial charge in [0.05, 0.1) is 0 Å². The van der Waals surface area contributed by atoms with Crippen molar-refractivity contribution < 1.29 is 4.39 Å². The van der Waals surface area contributed by atoms with E-state index in [9.17, 15) is 4.39 Å². The molecule has 1 saturated heterocycles. The molecule has 2 fully saturated rings. The summed E-state index contributed by atoms with van der Waals surface area (Å²) in [5.41, 5.74) is 1.91. The van der Waals surface area contributed by atoms with Crippen LogP contribution in [0.15, 0.2) is 18.2 Å². The molecule has 0 spiro atoms. The van der Waals surface area contributed by atoms with Gasteiger partial charge in [-0.05, 0) is 38.8 Å². The van der Waals surface area contributed by atoms with Gasteiger partial charge in [0.1, 0.15) is 5.82 Å². The highest BCUT2D eigenvalue weighted by Gasteiger charge is 2.24. The smallest absolute Gasteiger partial charge is 0.129 e. The van der Waals surface area contributed by atoms with Crippen molar-refractivity contribution in [2.24, 2.45) is 0 Å². The summed E-state index contributed by atoms with van der Waals surface area (Å²) < 4.78 is 14.2. The molecule has 1 heterocycles. The highest BCUT2D eigenvalue weighted by molar-refractivity contribution is 5.54. The van der Waals surface area contributed by atoms with Gasteiger partial charge in [0.25, 0.3) is 0 Å². The van der Waals surface area contributed by atoms with Gasteiger partial charge < -0.3 is 10.2 Å². The van der Waals surface area contributed by atoms with Crippen molar-refractivity contribution in [2.75, 3.05) is 31.1 Å². The van der Waals surface area contributed by atoms with Crippen molar-refractivity contribution in [1.82, 2.24) is 10.2 Å². The van der Waals surface area contributed by atoms with Crippen molar-refractivity contribution in [3.8, 4) is 0 Å². The maximum Gasteiger partial charge on any atom is 0.129 e. The van der Waals surface area contributed by atoms with Crippen molar-refractivity contribution >= 4 is 5.69 Å². The number of rotatable bonds is 5. The average molecular weight is 291 g/mol. The van der Waals surface area contributed by atoms with E-state index in [1.54, 1.807) is 6.07 Å². The fourth-order valence-corrected chi connectivity index (χ4v) is 3.03. The summed E-state index contributed by atoms with van der Waals surface area (Å²) in [7, 11) is 0. The predicted molar refractivity (Wildman–Crippen MR) is 85.2 cm³/mol. The summed E-state index contributed by atoms with van der Waals surface area (Å²) in [6, 6.07) is 6.68. The van der Waals surface area contributed by atoms with Crippen molar-refractivity contribution in [2.45, 2.75) is 45.3 Å². The highest BCUT2D eigenvalue weighted by atomic mass is 19.1. The van der Waals surface area contributed by atoms with Crippen LogP contribution in [0.1, 0.15) is 32.3 Å². The molecular weight excluding hydrogens is 265 g/mol. The molecule has 3 nitrogen and oxygen atoms in total. The summed E-state index contributed by atoms with van der Waals surface area (Å²) in [5.74, 6) is -0.0769. The van der Waals surface area contributed by atoms with Crippen molar-refractivity contribution in [3.05, 3.63) is 29.6 Å². The van der Waals surface area contributed by atoms with Crippen molar-refractivity contribution in [3.63, 3.8) is 0 Å². The Morgan fingerprint density at radius 3 is 2.52 bits per heavy atom. The summed E-state index contributed by atoms with van der Waals surface area (Å²) in [6.45, 7) is 9.21. The number of anilines is 1. The number of piperazine rings is 1. The number of halogens is 1. The van der Waals surface area contributed by atoms with Gasteiger partial charge in [0.2, 0.25) is 0 Å². The lowest BCUT2D eigenvalue weighted by atomic mass is 10.1. The molecule has 1 saturated carbocycles. The van der Waals surface area contributed by atoms with E-state index in [0.29, 0.717) is 18.6 Å². The Labute approximate surface area is 127 Å². The van der Waals surface area contributed by atoms with E-state index in [0.717, 1.165) is 37.4 Å². The lowest BCUT2D eigenvalue weighted by Crippen LogP contribution is -2.49. The van der Waals surface area contributed by atoms with Gasteiger partial charge in [-0.1, -0.05) is 6.07 Å². The van der Waals surface area contributed by atoms with E-state index in [1.807, 2.05) is 6.07 Å². The van der Waals surface area contributed by atoms with Crippen LogP contribution in [0, 0.1) is 5.82 Å². The minimum absolute atomic E-state index is 0.0769. The van der Waals surface area contributed by atoms with Crippen LogP contribution >= 0.6 is 0 Å². The molecule has 1 aromatic carbocycles. The monoisotopic (exact) mass is 291 g/mol. The second kappa shape index (κ2) is 6.32. The molecule has 0 unspecified atom stereocenters. The van der Waals surface area contributed by atoms with Crippen LogP contribution in [-0.2, 0) is 6.54 Å². The molecule has 0 amide bonds. The number of nitrogens with zero attached hydrogens (tertiary/aromatic N) is 2. The summed E-state index contributed by atoms with van der Waals surface area (Å²) >= 11 is 0. The molecule has 116 valence electrons. The topological polar surface area (TPSA) is 18.5 Å². The third-order valence-electron chi connectivity index (χ3n) is 4.62. The Balaban J connectivity index is 1.70. The average Bonchev–Trinajstić information content (AvgIpc) is 3.30. The summed E-state index contributed by atoms with van der Waals surface area (Å²) in [5, 5.41) is 3.44. The Kier molecular flexibility index (Phi) is 4.45. The second-order valence-corrected chi connectivity index (χ2v) is 6.51. The SMILES string of the molecule is CC(C)N1CCN(c2cccc(F)c2CNC2CC2)CC1. The predicted octanol–water partition coefficient (Wildman–Crippen LogP) is 2.61. The Bertz CT molecular complexity index is 477. The molecule has 0 bridgehead atoms. The first-order valence-corrected chi connectivity index (χ1v) is 8.15. The molecule has 1 N–H and O–H groups in total. The van der Waals surface area contributed by atoms with Gasteiger partial charge >= 0.3 is 0 Å². The molecule has 0 atom stereocenters. The zero-order chi connectivity index (χ0) is 14.8. The third kappa shape index (κ3) is 3.55. The zero-order valence-electron chi connectivity index (χ0n) is 13.1. The first-order chi connectivity index (χ1) is 10.1. The molecule has 0 aromatic heterocycles. The quantitative estimate of drug-likeness (QED) is 0.899. The number of hydrogen-bond donors (Lipinski definition) is 1. The van der Waals surface area contributed by atoms with Gasteiger partial charge in [0.15, 0.2) is 0 Å². The molecule has 3 rings (SSSR count). The number of nitrogens with one attached hydrogen (secondary N) is 1. The number of benzene rings is 1. The Morgan fingerprint density at radius 2 is 1.90 bits per heavy atom. The van der Waals surface area contributed by atoms with Gasteiger partial charge in [-0.25, -0.2) is 4.39 Å². The van der Waals surface area contributed by atoms with Gasteiger partial charge in [0, 0.05) is 56.1 Å². The zero-order valence-corrected chi connectivity index (χ0v) is 13.1. The van der Waals surface area contributed by atoms with Crippen LogP contribution in [0.3, 0.4) is 0 Å². The minimum Gasteiger partial charge on any atom is -0.369 e. The maximum atomic E-state index is 14.2. The lowest BCUT2D eigenvalue weighted by molar-refractivity contribution is 0.209. The van der Waals surface area contributed by atoms with Crippen LogP contribution in [0.2, 0.25) is 0 Å². The van der Waals surface area contributed by atoms with Crippen LogP contribution in [0.5, 0.6) is 0 Å². The van der Waals surface area contributed by atoms with Crippen LogP contribution in [0.25, 0.3) is 0 Å². The first kappa shape index (κ1) is 14.8. The standard InChI is InChI=1S/C17H26FN3/c1-13(2)20-8-10-21(11-9-20)17-5-3-4-16(18)15(17)12-19-14-6-7-14/h3-5,13-14,19H,6-12H2,1-2H3.